The highest BCUT2D eigenvalue weighted by Gasteiger charge is 2.28. The van der Waals surface area contributed by atoms with Gasteiger partial charge in [-0.3, -0.25) is 4.79 Å². The lowest BCUT2D eigenvalue weighted by atomic mass is 9.94. The maximum atomic E-state index is 12.6. The molecule has 0 amide bonds. The number of esters is 1. The molecule has 5 heteroatoms. The lowest BCUT2D eigenvalue weighted by Crippen LogP contribution is -2.33. The minimum Gasteiger partial charge on any atom is -0.497 e. The van der Waals surface area contributed by atoms with Crippen molar-refractivity contribution in [2.45, 2.75) is 38.8 Å². The zero-order valence-electron chi connectivity index (χ0n) is 18.1. The van der Waals surface area contributed by atoms with Gasteiger partial charge in [0.05, 0.1) is 19.8 Å². The number of nitrogens with zero attached hydrogens (tertiary/aromatic N) is 1. The monoisotopic (exact) mass is 419 g/mol. The lowest BCUT2D eigenvalue weighted by molar-refractivity contribution is -0.137. The fourth-order valence-corrected chi connectivity index (χ4v) is 3.56. The van der Waals surface area contributed by atoms with Gasteiger partial charge in [0.1, 0.15) is 5.75 Å². The number of ether oxygens (including phenoxy) is 2. The average molecular weight is 420 g/mol. The van der Waals surface area contributed by atoms with Crippen molar-refractivity contribution >= 4 is 11.8 Å². The third kappa shape index (κ3) is 6.32. The highest BCUT2D eigenvalue weighted by atomic mass is 16.5. The molecular formula is C26H29NO4. The summed E-state index contributed by atoms with van der Waals surface area (Å²) in [4.78, 5) is 26.8. The Morgan fingerprint density at radius 2 is 1.87 bits per heavy atom. The van der Waals surface area contributed by atoms with Gasteiger partial charge in [-0.15, -0.1) is 0 Å². The minimum absolute atomic E-state index is 0.0316. The summed E-state index contributed by atoms with van der Waals surface area (Å²) in [5.74, 6) is 0.406. The Morgan fingerprint density at radius 3 is 2.55 bits per heavy atom. The Bertz CT molecular complexity index is 932. The molecule has 5 nitrogen and oxygen atoms in total. The Hall–Kier alpha value is -3.34. The molecule has 162 valence electrons. The number of methoxy groups -OCH3 is 1. The maximum absolute atomic E-state index is 12.6. The summed E-state index contributed by atoms with van der Waals surface area (Å²) in [5, 5.41) is 0. The molecule has 0 N–H and O–H groups in total. The molecule has 1 atom stereocenters. The maximum Gasteiger partial charge on any atom is 0.330 e. The molecule has 31 heavy (non-hydrogen) atoms. The van der Waals surface area contributed by atoms with Crippen LogP contribution in [0.3, 0.4) is 0 Å². The molecule has 1 unspecified atom stereocenters. The molecule has 1 aliphatic rings. The van der Waals surface area contributed by atoms with E-state index in [4.69, 9.17) is 9.47 Å². The summed E-state index contributed by atoms with van der Waals surface area (Å²) < 4.78 is 10.5. The predicted octanol–water partition coefficient (Wildman–Crippen LogP) is 4.99. The zero-order chi connectivity index (χ0) is 22.1. The van der Waals surface area contributed by atoms with Crippen LogP contribution in [0.2, 0.25) is 0 Å². The van der Waals surface area contributed by atoms with Gasteiger partial charge < -0.3 is 14.4 Å². The topological polar surface area (TPSA) is 55.8 Å². The minimum atomic E-state index is -0.395. The van der Waals surface area contributed by atoms with Crippen molar-refractivity contribution in [3.05, 3.63) is 89.6 Å². The van der Waals surface area contributed by atoms with Gasteiger partial charge in [0.15, 0.2) is 5.78 Å². The van der Waals surface area contributed by atoms with Crippen molar-refractivity contribution in [2.75, 3.05) is 13.7 Å². The van der Waals surface area contributed by atoms with Crippen LogP contribution in [-0.2, 0) is 20.9 Å². The first kappa shape index (κ1) is 22.3. The highest BCUT2D eigenvalue weighted by molar-refractivity contribution is 5.92. The van der Waals surface area contributed by atoms with Crippen LogP contribution in [-0.4, -0.2) is 30.4 Å². The van der Waals surface area contributed by atoms with Gasteiger partial charge >= 0.3 is 5.97 Å². The SMILES string of the molecule is CCCCOC(=O)/C=C/C1=CC(=O)CC(c2ccc(OC)cc2)N1Cc1ccccc1. The van der Waals surface area contributed by atoms with E-state index < -0.39 is 5.97 Å². The number of carbonyl (C=O) groups is 2. The average Bonchev–Trinajstić information content (AvgIpc) is 2.80. The fraction of sp³-hybridized carbons (Fsp3) is 0.308. The number of ketones is 1. The van der Waals surface area contributed by atoms with Crippen molar-refractivity contribution < 1.29 is 19.1 Å². The second kappa shape index (κ2) is 11.2. The first-order chi connectivity index (χ1) is 15.1. The molecule has 1 aliphatic heterocycles. The van der Waals surface area contributed by atoms with Crippen LogP contribution in [0.5, 0.6) is 5.75 Å². The molecule has 0 aliphatic carbocycles. The smallest absolute Gasteiger partial charge is 0.330 e. The van der Waals surface area contributed by atoms with E-state index in [1.54, 1.807) is 19.3 Å². The van der Waals surface area contributed by atoms with E-state index in [1.165, 1.54) is 6.08 Å². The summed E-state index contributed by atoms with van der Waals surface area (Å²) in [5.41, 5.74) is 2.85. The third-order valence-electron chi connectivity index (χ3n) is 5.24. The van der Waals surface area contributed by atoms with Crippen LogP contribution in [0.25, 0.3) is 0 Å². The van der Waals surface area contributed by atoms with Gasteiger partial charge in [-0.25, -0.2) is 4.79 Å². The van der Waals surface area contributed by atoms with E-state index in [9.17, 15) is 9.59 Å². The van der Waals surface area contributed by atoms with Crippen LogP contribution in [0.4, 0.5) is 0 Å². The third-order valence-corrected chi connectivity index (χ3v) is 5.24. The molecule has 2 aromatic carbocycles. The molecule has 0 aromatic heterocycles. The van der Waals surface area contributed by atoms with E-state index >= 15 is 0 Å². The van der Waals surface area contributed by atoms with Crippen molar-refractivity contribution in [2.24, 2.45) is 0 Å². The number of hydrogen-bond acceptors (Lipinski definition) is 5. The summed E-state index contributed by atoms with van der Waals surface area (Å²) in [6.45, 7) is 3.06. The second-order valence-electron chi connectivity index (χ2n) is 7.50. The molecule has 0 saturated heterocycles. The van der Waals surface area contributed by atoms with Crippen molar-refractivity contribution in [1.29, 1.82) is 0 Å². The van der Waals surface area contributed by atoms with Crippen molar-refractivity contribution in [1.82, 2.24) is 4.90 Å². The standard InChI is InChI=1S/C26H29NO4/c1-3-4-16-31-26(29)15-12-22-17-23(28)18-25(21-10-13-24(30-2)14-11-21)27(22)19-20-8-6-5-7-9-20/h5-15,17,25H,3-4,16,18-19H2,1-2H3/b15-12+. The van der Waals surface area contributed by atoms with Crippen molar-refractivity contribution in [3.8, 4) is 5.75 Å². The van der Waals surface area contributed by atoms with Crippen LogP contribution in [0.1, 0.15) is 43.4 Å². The molecule has 2 aromatic rings. The Morgan fingerprint density at radius 1 is 1.13 bits per heavy atom. The van der Waals surface area contributed by atoms with Gasteiger partial charge in [0.25, 0.3) is 0 Å². The normalized spacial score (nSPS) is 16.3. The van der Waals surface area contributed by atoms with Gasteiger partial charge in [0.2, 0.25) is 0 Å². The van der Waals surface area contributed by atoms with Gasteiger partial charge in [-0.1, -0.05) is 55.8 Å². The van der Waals surface area contributed by atoms with E-state index in [2.05, 4.69) is 17.0 Å². The first-order valence-corrected chi connectivity index (χ1v) is 10.6. The van der Waals surface area contributed by atoms with Crippen LogP contribution < -0.4 is 4.74 Å². The van der Waals surface area contributed by atoms with Crippen LogP contribution >= 0.6 is 0 Å². The fourth-order valence-electron chi connectivity index (χ4n) is 3.56. The summed E-state index contributed by atoms with van der Waals surface area (Å²) in [7, 11) is 1.63. The number of hydrogen-bond donors (Lipinski definition) is 0. The molecule has 1 heterocycles. The predicted molar refractivity (Wildman–Crippen MR) is 120 cm³/mol. The quantitative estimate of drug-likeness (QED) is 0.325. The van der Waals surface area contributed by atoms with E-state index in [0.29, 0.717) is 25.3 Å². The molecule has 0 fully saturated rings. The van der Waals surface area contributed by atoms with E-state index in [1.807, 2.05) is 49.4 Å². The van der Waals surface area contributed by atoms with Gasteiger partial charge in [0, 0.05) is 30.8 Å². The molecular weight excluding hydrogens is 390 g/mol. The Labute approximate surface area is 184 Å². The van der Waals surface area contributed by atoms with Crippen LogP contribution in [0, 0.1) is 0 Å². The van der Waals surface area contributed by atoms with Crippen LogP contribution in [0.15, 0.2) is 78.5 Å². The Kier molecular flexibility index (Phi) is 8.05. The van der Waals surface area contributed by atoms with E-state index in [-0.39, 0.29) is 11.8 Å². The summed E-state index contributed by atoms with van der Waals surface area (Å²) in [6.07, 6.45) is 6.87. The largest absolute Gasteiger partial charge is 0.497 e. The molecule has 0 saturated carbocycles. The Balaban J connectivity index is 1.88. The molecule has 0 radical (unpaired) electrons. The number of allylic oxidation sites excluding steroid dienone is 2. The molecule has 3 rings (SSSR count). The van der Waals surface area contributed by atoms with Gasteiger partial charge in [-0.05, 0) is 35.8 Å². The summed E-state index contributed by atoms with van der Waals surface area (Å²) in [6, 6.07) is 17.7. The number of carbonyl (C=O) groups excluding carboxylic acids is 2. The van der Waals surface area contributed by atoms with E-state index in [0.717, 1.165) is 29.7 Å². The lowest BCUT2D eigenvalue weighted by Gasteiger charge is -2.37. The second-order valence-corrected chi connectivity index (χ2v) is 7.50. The number of benzene rings is 2. The summed E-state index contributed by atoms with van der Waals surface area (Å²) >= 11 is 0. The zero-order valence-corrected chi connectivity index (χ0v) is 18.1. The highest BCUT2D eigenvalue weighted by Crippen LogP contribution is 2.35. The first-order valence-electron chi connectivity index (χ1n) is 10.6. The molecule has 0 bridgehead atoms. The molecule has 0 spiro atoms. The number of rotatable bonds is 9. The number of unbranched alkanes of at least 4 members (excludes halogenated alkanes) is 1. The van der Waals surface area contributed by atoms with Crippen molar-refractivity contribution in [3.63, 3.8) is 0 Å². The van der Waals surface area contributed by atoms with Gasteiger partial charge in [-0.2, -0.15) is 0 Å².